The second kappa shape index (κ2) is 9.42. The van der Waals surface area contributed by atoms with E-state index in [0.29, 0.717) is 6.54 Å². The summed E-state index contributed by atoms with van der Waals surface area (Å²) in [7, 11) is 4.16. The third kappa shape index (κ3) is 5.73. The van der Waals surface area contributed by atoms with E-state index in [1.807, 2.05) is 12.1 Å². The Kier molecular flexibility index (Phi) is 6.71. The summed E-state index contributed by atoms with van der Waals surface area (Å²) in [5, 5.41) is 6.72. The highest BCUT2D eigenvalue weighted by Crippen LogP contribution is 2.27. The van der Waals surface area contributed by atoms with Crippen LogP contribution in [0, 0.1) is 0 Å². The number of ether oxygens (including phenoxy) is 1. The standard InChI is InChI=1S/C22H30N4O/c1-4-23-22(24-14-17-9-11-18(12-10-17)16-26(2)3)25-15-20-13-19-7-5-6-8-21(19)27-20/h5-12,20H,4,13-16H2,1-3H3,(H2,23,24,25). The van der Waals surface area contributed by atoms with E-state index < -0.39 is 0 Å². The number of rotatable bonds is 7. The van der Waals surface area contributed by atoms with Crippen molar-refractivity contribution in [2.45, 2.75) is 32.5 Å². The van der Waals surface area contributed by atoms with Gasteiger partial charge in [0.25, 0.3) is 0 Å². The Bertz CT molecular complexity index is 730. The maximum Gasteiger partial charge on any atom is 0.191 e. The molecule has 0 saturated heterocycles. The number of para-hydroxylation sites is 1. The average Bonchev–Trinajstić information content (AvgIpc) is 3.08. The molecule has 1 atom stereocenters. The van der Waals surface area contributed by atoms with Gasteiger partial charge in [-0.05, 0) is 43.8 Å². The summed E-state index contributed by atoms with van der Waals surface area (Å²) in [5.41, 5.74) is 3.80. The van der Waals surface area contributed by atoms with E-state index >= 15 is 0 Å². The first-order valence-electron chi connectivity index (χ1n) is 9.63. The van der Waals surface area contributed by atoms with Crippen LogP contribution in [0.5, 0.6) is 5.75 Å². The summed E-state index contributed by atoms with van der Waals surface area (Å²) >= 11 is 0. The zero-order valence-electron chi connectivity index (χ0n) is 16.5. The maximum atomic E-state index is 5.99. The van der Waals surface area contributed by atoms with Gasteiger partial charge in [-0.1, -0.05) is 42.5 Å². The van der Waals surface area contributed by atoms with Crippen LogP contribution in [-0.4, -0.2) is 44.1 Å². The van der Waals surface area contributed by atoms with Crippen molar-refractivity contribution in [3.05, 3.63) is 65.2 Å². The minimum Gasteiger partial charge on any atom is -0.488 e. The third-order valence-electron chi connectivity index (χ3n) is 4.50. The van der Waals surface area contributed by atoms with Crippen LogP contribution in [-0.2, 0) is 19.5 Å². The first kappa shape index (κ1) is 19.2. The fourth-order valence-electron chi connectivity index (χ4n) is 3.21. The van der Waals surface area contributed by atoms with Crippen LogP contribution < -0.4 is 15.4 Å². The number of hydrogen-bond donors (Lipinski definition) is 2. The Morgan fingerprint density at radius 2 is 1.81 bits per heavy atom. The van der Waals surface area contributed by atoms with Gasteiger partial charge in [-0.15, -0.1) is 0 Å². The molecule has 0 aromatic heterocycles. The molecule has 5 heteroatoms. The predicted octanol–water partition coefficient (Wildman–Crippen LogP) is 2.81. The van der Waals surface area contributed by atoms with Crippen LogP contribution in [0.1, 0.15) is 23.6 Å². The average molecular weight is 367 g/mol. The molecule has 0 radical (unpaired) electrons. The lowest BCUT2D eigenvalue weighted by molar-refractivity contribution is 0.235. The molecule has 0 bridgehead atoms. The molecule has 2 aromatic rings. The summed E-state index contributed by atoms with van der Waals surface area (Å²) in [6.07, 6.45) is 1.09. The summed E-state index contributed by atoms with van der Waals surface area (Å²) in [4.78, 5) is 6.88. The molecule has 2 aromatic carbocycles. The highest BCUT2D eigenvalue weighted by Gasteiger charge is 2.22. The van der Waals surface area contributed by atoms with Crippen molar-refractivity contribution in [1.29, 1.82) is 0 Å². The summed E-state index contributed by atoms with van der Waals surface area (Å²) < 4.78 is 5.99. The molecule has 27 heavy (non-hydrogen) atoms. The van der Waals surface area contributed by atoms with Gasteiger partial charge >= 0.3 is 0 Å². The van der Waals surface area contributed by atoms with Crippen LogP contribution in [0.4, 0.5) is 0 Å². The molecule has 1 unspecified atom stereocenters. The van der Waals surface area contributed by atoms with Crippen molar-refractivity contribution < 1.29 is 4.74 Å². The minimum absolute atomic E-state index is 0.150. The lowest BCUT2D eigenvalue weighted by Crippen LogP contribution is -2.42. The Morgan fingerprint density at radius 1 is 1.07 bits per heavy atom. The van der Waals surface area contributed by atoms with Gasteiger partial charge in [0.05, 0.1) is 13.1 Å². The summed E-state index contributed by atoms with van der Waals surface area (Å²) in [5.74, 6) is 1.83. The molecule has 0 aliphatic carbocycles. The van der Waals surface area contributed by atoms with E-state index in [2.05, 4.69) is 73.0 Å². The molecule has 0 amide bonds. The Hall–Kier alpha value is -2.53. The molecule has 144 valence electrons. The number of hydrogen-bond acceptors (Lipinski definition) is 3. The summed E-state index contributed by atoms with van der Waals surface area (Å²) in [6, 6.07) is 16.9. The molecule has 0 saturated carbocycles. The number of nitrogens with one attached hydrogen (secondary N) is 2. The van der Waals surface area contributed by atoms with Gasteiger partial charge in [0, 0.05) is 19.5 Å². The van der Waals surface area contributed by atoms with Crippen molar-refractivity contribution in [3.63, 3.8) is 0 Å². The van der Waals surface area contributed by atoms with E-state index in [0.717, 1.165) is 37.8 Å². The SMILES string of the molecule is CCNC(=NCc1ccc(CN(C)C)cc1)NCC1Cc2ccccc2O1. The molecule has 1 aliphatic heterocycles. The molecule has 0 spiro atoms. The first-order chi connectivity index (χ1) is 13.1. The Labute approximate surface area is 162 Å². The van der Waals surface area contributed by atoms with E-state index in [1.54, 1.807) is 0 Å². The number of benzene rings is 2. The second-order valence-corrected chi connectivity index (χ2v) is 7.18. The molecular formula is C22H30N4O. The molecule has 2 N–H and O–H groups in total. The highest BCUT2D eigenvalue weighted by molar-refractivity contribution is 5.79. The van der Waals surface area contributed by atoms with Gasteiger partial charge in [0.15, 0.2) is 5.96 Å². The summed E-state index contributed by atoms with van der Waals surface area (Å²) in [6.45, 7) is 5.26. The molecule has 1 aliphatic rings. The normalized spacial score (nSPS) is 16.1. The lowest BCUT2D eigenvalue weighted by Gasteiger charge is -2.15. The smallest absolute Gasteiger partial charge is 0.191 e. The number of nitrogens with zero attached hydrogens (tertiary/aromatic N) is 2. The van der Waals surface area contributed by atoms with Gasteiger partial charge in [-0.3, -0.25) is 0 Å². The molecule has 1 heterocycles. The number of fused-ring (bicyclic) bond motifs is 1. The number of guanidine groups is 1. The van der Waals surface area contributed by atoms with Gasteiger partial charge in [0.1, 0.15) is 11.9 Å². The minimum atomic E-state index is 0.150. The van der Waals surface area contributed by atoms with Crippen LogP contribution in [0.2, 0.25) is 0 Å². The van der Waals surface area contributed by atoms with Crippen molar-refractivity contribution in [3.8, 4) is 5.75 Å². The zero-order valence-corrected chi connectivity index (χ0v) is 16.5. The van der Waals surface area contributed by atoms with Crippen LogP contribution in [0.25, 0.3) is 0 Å². The van der Waals surface area contributed by atoms with E-state index in [-0.39, 0.29) is 6.10 Å². The molecule has 3 rings (SSSR count). The third-order valence-corrected chi connectivity index (χ3v) is 4.50. The lowest BCUT2D eigenvalue weighted by atomic mass is 10.1. The molecule has 5 nitrogen and oxygen atoms in total. The van der Waals surface area contributed by atoms with Crippen LogP contribution >= 0.6 is 0 Å². The largest absolute Gasteiger partial charge is 0.488 e. The van der Waals surface area contributed by atoms with E-state index in [4.69, 9.17) is 9.73 Å². The van der Waals surface area contributed by atoms with Gasteiger partial charge in [-0.2, -0.15) is 0 Å². The molecular weight excluding hydrogens is 336 g/mol. The quantitative estimate of drug-likeness (QED) is 0.584. The van der Waals surface area contributed by atoms with Crippen molar-refractivity contribution >= 4 is 5.96 Å². The van der Waals surface area contributed by atoms with E-state index in [9.17, 15) is 0 Å². The topological polar surface area (TPSA) is 48.9 Å². The van der Waals surface area contributed by atoms with Crippen LogP contribution in [0.3, 0.4) is 0 Å². The fourth-order valence-corrected chi connectivity index (χ4v) is 3.21. The first-order valence-corrected chi connectivity index (χ1v) is 9.63. The monoisotopic (exact) mass is 366 g/mol. The number of aliphatic imine (C=N–C) groups is 1. The Balaban J connectivity index is 1.52. The molecule has 0 fully saturated rings. The van der Waals surface area contributed by atoms with Crippen LogP contribution in [0.15, 0.2) is 53.5 Å². The zero-order chi connectivity index (χ0) is 19.1. The second-order valence-electron chi connectivity index (χ2n) is 7.18. The van der Waals surface area contributed by atoms with Crippen molar-refractivity contribution in [1.82, 2.24) is 15.5 Å². The van der Waals surface area contributed by atoms with Gasteiger partial charge < -0.3 is 20.3 Å². The van der Waals surface area contributed by atoms with Crippen molar-refractivity contribution in [2.24, 2.45) is 4.99 Å². The highest BCUT2D eigenvalue weighted by atomic mass is 16.5. The van der Waals surface area contributed by atoms with Gasteiger partial charge in [-0.25, -0.2) is 4.99 Å². The predicted molar refractivity (Wildman–Crippen MR) is 111 cm³/mol. The van der Waals surface area contributed by atoms with Gasteiger partial charge in [0.2, 0.25) is 0 Å². The van der Waals surface area contributed by atoms with E-state index in [1.165, 1.54) is 16.7 Å². The maximum absolute atomic E-state index is 5.99. The van der Waals surface area contributed by atoms with Crippen molar-refractivity contribution in [2.75, 3.05) is 27.2 Å². The Morgan fingerprint density at radius 3 is 2.52 bits per heavy atom. The fraction of sp³-hybridized carbons (Fsp3) is 0.409.